The van der Waals surface area contributed by atoms with Crippen LogP contribution in [-0.4, -0.2) is 48.2 Å². The largest absolute Gasteiger partial charge is 0.504 e. The molecule has 1 saturated carbocycles. The van der Waals surface area contributed by atoms with Crippen LogP contribution in [0.15, 0.2) is 16.3 Å². The summed E-state index contributed by atoms with van der Waals surface area (Å²) >= 11 is 0. The molecule has 0 aliphatic heterocycles. The van der Waals surface area contributed by atoms with Crippen LogP contribution in [0.25, 0.3) is 0 Å². The average Bonchev–Trinajstić information content (AvgIpc) is 2.42. The summed E-state index contributed by atoms with van der Waals surface area (Å²) in [6, 6.07) is -0.292. The van der Waals surface area contributed by atoms with Crippen molar-refractivity contribution in [3.63, 3.8) is 0 Å². The second kappa shape index (κ2) is 8.70. The van der Waals surface area contributed by atoms with Gasteiger partial charge in [-0.25, -0.2) is 4.79 Å². The lowest BCUT2D eigenvalue weighted by Crippen LogP contribution is -2.28. The fourth-order valence-corrected chi connectivity index (χ4v) is 1.98. The van der Waals surface area contributed by atoms with Gasteiger partial charge in [0.1, 0.15) is 5.57 Å². The normalized spacial score (nSPS) is 17.0. The molecule has 1 fully saturated rings. The molecule has 1 aliphatic carbocycles. The lowest BCUT2D eigenvalue weighted by Gasteiger charge is -2.23. The molecule has 0 heterocycles. The summed E-state index contributed by atoms with van der Waals surface area (Å²) in [4.78, 5) is 27.6. The second-order valence-corrected chi connectivity index (χ2v) is 5.08. The third-order valence-electron chi connectivity index (χ3n) is 3.30. The first-order valence-electron chi connectivity index (χ1n) is 7.60. The first-order chi connectivity index (χ1) is 11.2. The van der Waals surface area contributed by atoms with Gasteiger partial charge in [0.2, 0.25) is 5.76 Å². The number of aliphatic hydroxyl groups is 1. The third-order valence-corrected chi connectivity index (χ3v) is 3.30. The average molecular weight is 351 g/mol. The summed E-state index contributed by atoms with van der Waals surface area (Å²) in [5.74, 6) is -4.34. The number of rotatable bonds is 7. The Morgan fingerprint density at radius 1 is 1.17 bits per heavy atom. The minimum Gasteiger partial charge on any atom is -0.504 e. The molecule has 0 unspecified atom stereocenters. The Balaban J connectivity index is 3.30. The predicted octanol–water partition coefficient (Wildman–Crippen LogP) is 2.87. The molecule has 0 spiro atoms. The smallest absolute Gasteiger partial charge is 0.449 e. The van der Waals surface area contributed by atoms with Gasteiger partial charge < -0.3 is 14.6 Å². The molecular formula is C15H20F3NO5. The van der Waals surface area contributed by atoms with Gasteiger partial charge in [0.15, 0.2) is 0 Å². The van der Waals surface area contributed by atoms with Crippen LogP contribution in [0, 0.1) is 0 Å². The van der Waals surface area contributed by atoms with Crippen LogP contribution < -0.4 is 0 Å². The van der Waals surface area contributed by atoms with Gasteiger partial charge in [0.25, 0.3) is 0 Å². The summed E-state index contributed by atoms with van der Waals surface area (Å²) in [5.41, 5.74) is -1.60. The molecule has 1 N–H and O–H groups in total. The highest BCUT2D eigenvalue weighted by molar-refractivity contribution is 6.24. The van der Waals surface area contributed by atoms with E-state index in [1.807, 2.05) is 0 Å². The first-order valence-corrected chi connectivity index (χ1v) is 7.60. The van der Waals surface area contributed by atoms with E-state index in [-0.39, 0.29) is 19.3 Å². The zero-order chi connectivity index (χ0) is 18.3. The van der Waals surface area contributed by atoms with Crippen molar-refractivity contribution in [1.82, 2.24) is 0 Å². The Morgan fingerprint density at radius 2 is 1.75 bits per heavy atom. The van der Waals surface area contributed by atoms with Gasteiger partial charge in [-0.15, -0.1) is 0 Å². The number of aliphatic hydroxyl groups excluding tert-OH is 1. The van der Waals surface area contributed by atoms with E-state index in [4.69, 9.17) is 4.74 Å². The maximum atomic E-state index is 12.9. The minimum atomic E-state index is -5.17. The molecule has 9 heteroatoms. The molecular weight excluding hydrogens is 331 g/mol. The highest BCUT2D eigenvalue weighted by Crippen LogP contribution is 2.29. The Kier molecular flexibility index (Phi) is 7.24. The first kappa shape index (κ1) is 20.0. The summed E-state index contributed by atoms with van der Waals surface area (Å²) in [7, 11) is 0. The number of hydrogen-bond donors (Lipinski definition) is 1. The van der Waals surface area contributed by atoms with Crippen LogP contribution in [0.2, 0.25) is 0 Å². The molecule has 24 heavy (non-hydrogen) atoms. The Bertz CT molecular complexity index is 536. The number of hydrogen-bond acceptors (Lipinski definition) is 6. The fraction of sp³-hybridized carbons (Fsp3) is 0.667. The van der Waals surface area contributed by atoms with Crippen LogP contribution >= 0.6 is 0 Å². The summed E-state index contributed by atoms with van der Waals surface area (Å²) in [5, 5.41) is 9.48. The van der Waals surface area contributed by atoms with E-state index in [0.717, 1.165) is 6.42 Å². The van der Waals surface area contributed by atoms with E-state index >= 15 is 0 Å². The quantitative estimate of drug-likeness (QED) is 0.330. The van der Waals surface area contributed by atoms with Gasteiger partial charge in [-0.1, -0.05) is 0 Å². The van der Waals surface area contributed by atoms with Crippen molar-refractivity contribution in [1.29, 1.82) is 0 Å². The van der Waals surface area contributed by atoms with Gasteiger partial charge in [0, 0.05) is 0 Å². The van der Waals surface area contributed by atoms with E-state index in [0.29, 0.717) is 12.8 Å². The summed E-state index contributed by atoms with van der Waals surface area (Å²) < 4.78 is 48.0. The number of aliphatic imine (C=N–C) groups is 1. The topological polar surface area (TPSA) is 85.2 Å². The van der Waals surface area contributed by atoms with Crippen LogP contribution in [0.1, 0.15) is 39.5 Å². The maximum Gasteiger partial charge on any atom is 0.449 e. The van der Waals surface area contributed by atoms with Crippen molar-refractivity contribution in [2.45, 2.75) is 51.7 Å². The fourth-order valence-electron chi connectivity index (χ4n) is 1.98. The number of carbonyl (C=O) groups is 2. The van der Waals surface area contributed by atoms with Crippen LogP contribution in [0.3, 0.4) is 0 Å². The van der Waals surface area contributed by atoms with Crippen molar-refractivity contribution >= 4 is 17.7 Å². The van der Waals surface area contributed by atoms with Crippen molar-refractivity contribution in [3.05, 3.63) is 11.3 Å². The van der Waals surface area contributed by atoms with E-state index in [2.05, 4.69) is 9.73 Å². The maximum absolute atomic E-state index is 12.9. The monoisotopic (exact) mass is 351 g/mol. The molecule has 1 aliphatic rings. The minimum absolute atomic E-state index is 0.0270. The molecule has 0 aromatic rings. The molecule has 0 radical (unpaired) electrons. The van der Waals surface area contributed by atoms with E-state index < -0.39 is 41.6 Å². The van der Waals surface area contributed by atoms with E-state index in [9.17, 15) is 27.9 Å². The number of nitrogens with zero attached hydrogens (tertiary/aromatic N) is 1. The predicted molar refractivity (Wildman–Crippen MR) is 78.7 cm³/mol. The lowest BCUT2D eigenvalue weighted by atomic mass is 9.93. The number of carbonyl (C=O) groups excluding carboxylic acids is 2. The van der Waals surface area contributed by atoms with Gasteiger partial charge in [0.05, 0.1) is 31.4 Å². The zero-order valence-electron chi connectivity index (χ0n) is 13.5. The van der Waals surface area contributed by atoms with Crippen molar-refractivity contribution in [2.75, 3.05) is 13.2 Å². The molecule has 0 aromatic carbocycles. The summed E-state index contributed by atoms with van der Waals surface area (Å²) in [6.45, 7) is 2.78. The summed E-state index contributed by atoms with van der Waals surface area (Å²) in [6.07, 6.45) is -3.70. The molecule has 0 amide bonds. The van der Waals surface area contributed by atoms with Crippen LogP contribution in [0.5, 0.6) is 0 Å². The van der Waals surface area contributed by atoms with Crippen LogP contribution in [0.4, 0.5) is 13.2 Å². The molecule has 6 nitrogen and oxygen atoms in total. The SMILES string of the molecule is CCOC(=O)CC(=NC1CCC1)/C(C(=O)OCC)=C(\O)C(F)(F)F. The number of alkyl halides is 3. The third kappa shape index (κ3) is 5.54. The number of ether oxygens (including phenoxy) is 2. The number of allylic oxidation sites excluding steroid dienone is 1. The molecule has 0 bridgehead atoms. The van der Waals surface area contributed by atoms with Crippen molar-refractivity contribution in [2.24, 2.45) is 4.99 Å². The van der Waals surface area contributed by atoms with Gasteiger partial charge in [-0.3, -0.25) is 9.79 Å². The molecule has 0 atom stereocenters. The Hall–Kier alpha value is -2.06. The molecule has 136 valence electrons. The van der Waals surface area contributed by atoms with Crippen molar-refractivity contribution < 1.29 is 37.3 Å². The van der Waals surface area contributed by atoms with Gasteiger partial charge >= 0.3 is 18.1 Å². The highest BCUT2D eigenvalue weighted by atomic mass is 19.4. The molecule has 0 saturated heterocycles. The van der Waals surface area contributed by atoms with E-state index in [1.54, 1.807) is 0 Å². The highest BCUT2D eigenvalue weighted by Gasteiger charge is 2.41. The Morgan fingerprint density at radius 3 is 2.17 bits per heavy atom. The second-order valence-electron chi connectivity index (χ2n) is 5.08. The number of esters is 2. The zero-order valence-corrected chi connectivity index (χ0v) is 13.5. The molecule has 0 aromatic heterocycles. The van der Waals surface area contributed by atoms with Gasteiger partial charge in [-0.2, -0.15) is 13.2 Å². The molecule has 1 rings (SSSR count). The van der Waals surface area contributed by atoms with Crippen molar-refractivity contribution in [3.8, 4) is 0 Å². The standard InChI is InChI=1S/C15H20F3NO5/c1-3-23-11(20)8-10(19-9-6-5-7-9)12(14(22)24-4-2)13(21)15(16,17)18/h9,21H,3-8H2,1-2H3/b13-12+,19-10?. The van der Waals surface area contributed by atoms with Gasteiger partial charge in [-0.05, 0) is 33.1 Å². The van der Waals surface area contributed by atoms with E-state index in [1.165, 1.54) is 13.8 Å². The van der Waals surface area contributed by atoms with Crippen LogP contribution in [-0.2, 0) is 19.1 Å². The lowest BCUT2D eigenvalue weighted by molar-refractivity contribution is -0.142. The Labute approximate surface area is 137 Å². The number of halogens is 3.